The van der Waals surface area contributed by atoms with Crippen LogP contribution in [0.3, 0.4) is 0 Å². The third kappa shape index (κ3) is 2.65. The summed E-state index contributed by atoms with van der Waals surface area (Å²) in [6.07, 6.45) is 0.906. The van der Waals surface area contributed by atoms with Crippen LogP contribution in [-0.2, 0) is 0 Å². The zero-order valence-electron chi connectivity index (χ0n) is 10.2. The van der Waals surface area contributed by atoms with Crippen molar-refractivity contribution in [3.05, 3.63) is 53.5 Å². The summed E-state index contributed by atoms with van der Waals surface area (Å²) in [7, 11) is 0. The Bertz CT molecular complexity index is 555. The summed E-state index contributed by atoms with van der Waals surface area (Å²) in [6.45, 7) is 3.31. The molecule has 0 bridgehead atoms. The Hall–Kier alpha value is -1.94. The maximum absolute atomic E-state index is 13.7. The average Bonchev–Trinajstić information content (AvgIpc) is 2.35. The van der Waals surface area contributed by atoms with E-state index in [1.54, 1.807) is 44.2 Å². The minimum Gasteiger partial charge on any atom is -0.436 e. The van der Waals surface area contributed by atoms with Gasteiger partial charge in [0, 0.05) is 12.3 Å². The summed E-state index contributed by atoms with van der Waals surface area (Å²) in [5.74, 6) is -0.00936. The predicted molar refractivity (Wildman–Crippen MR) is 66.1 cm³/mol. The van der Waals surface area contributed by atoms with Crippen LogP contribution in [0.5, 0.6) is 11.6 Å². The lowest BCUT2D eigenvalue weighted by molar-refractivity contribution is 0.198. The van der Waals surface area contributed by atoms with E-state index in [9.17, 15) is 9.50 Å². The van der Waals surface area contributed by atoms with Gasteiger partial charge in [0.2, 0.25) is 5.88 Å². The smallest absolute Gasteiger partial charge is 0.219 e. The van der Waals surface area contributed by atoms with E-state index >= 15 is 0 Å². The zero-order chi connectivity index (χ0) is 13.1. The summed E-state index contributed by atoms with van der Waals surface area (Å²) in [6, 6.07) is 8.20. The van der Waals surface area contributed by atoms with Crippen LogP contribution < -0.4 is 4.74 Å². The Morgan fingerprint density at radius 2 is 2.11 bits per heavy atom. The van der Waals surface area contributed by atoms with Crippen molar-refractivity contribution in [3.8, 4) is 11.6 Å². The number of nitrogens with zero attached hydrogens (tertiary/aromatic N) is 1. The van der Waals surface area contributed by atoms with Crippen LogP contribution in [0.2, 0.25) is 0 Å². The molecule has 2 rings (SSSR count). The van der Waals surface area contributed by atoms with E-state index in [0.29, 0.717) is 11.1 Å². The molecule has 0 spiro atoms. The van der Waals surface area contributed by atoms with Crippen LogP contribution in [0.25, 0.3) is 0 Å². The number of rotatable bonds is 3. The molecule has 0 saturated heterocycles. The van der Waals surface area contributed by atoms with Gasteiger partial charge in [-0.3, -0.25) is 0 Å². The molecule has 0 amide bonds. The van der Waals surface area contributed by atoms with Gasteiger partial charge >= 0.3 is 0 Å². The standard InChI is InChI=1S/C14H14FNO2/c1-9-4-3-5-12(14(9)15)18-13-8-11(10(2)17)6-7-16-13/h3-8,10,17H,1-2H3/t10-/m1/s1. The average molecular weight is 247 g/mol. The van der Waals surface area contributed by atoms with E-state index in [0.717, 1.165) is 0 Å². The van der Waals surface area contributed by atoms with Crippen molar-refractivity contribution >= 4 is 0 Å². The predicted octanol–water partition coefficient (Wildman–Crippen LogP) is 3.37. The van der Waals surface area contributed by atoms with E-state index in [-0.39, 0.29) is 11.6 Å². The first kappa shape index (κ1) is 12.5. The van der Waals surface area contributed by atoms with Crippen molar-refractivity contribution in [2.45, 2.75) is 20.0 Å². The number of aryl methyl sites for hydroxylation is 1. The molecule has 0 aliphatic heterocycles. The highest BCUT2D eigenvalue weighted by atomic mass is 19.1. The minimum absolute atomic E-state index is 0.130. The molecule has 1 aromatic heterocycles. The number of ether oxygens (including phenoxy) is 1. The van der Waals surface area contributed by atoms with E-state index < -0.39 is 11.9 Å². The second kappa shape index (κ2) is 5.14. The molecular weight excluding hydrogens is 233 g/mol. The highest BCUT2D eigenvalue weighted by Crippen LogP contribution is 2.26. The topological polar surface area (TPSA) is 42.4 Å². The highest BCUT2D eigenvalue weighted by Gasteiger charge is 2.09. The highest BCUT2D eigenvalue weighted by molar-refractivity contribution is 5.34. The number of halogens is 1. The molecule has 0 saturated carbocycles. The van der Waals surface area contributed by atoms with Crippen molar-refractivity contribution in [3.63, 3.8) is 0 Å². The molecule has 4 heteroatoms. The van der Waals surface area contributed by atoms with Gasteiger partial charge in [0.05, 0.1) is 6.10 Å². The summed E-state index contributed by atoms with van der Waals surface area (Å²) in [4.78, 5) is 3.99. The lowest BCUT2D eigenvalue weighted by atomic mass is 10.2. The van der Waals surface area contributed by atoms with Crippen LogP contribution in [0.4, 0.5) is 4.39 Å². The van der Waals surface area contributed by atoms with Crippen molar-refractivity contribution in [1.29, 1.82) is 0 Å². The molecule has 1 atom stereocenters. The largest absolute Gasteiger partial charge is 0.436 e. The van der Waals surface area contributed by atoms with Crippen LogP contribution in [0, 0.1) is 12.7 Å². The molecule has 94 valence electrons. The van der Waals surface area contributed by atoms with Crippen molar-refractivity contribution in [2.75, 3.05) is 0 Å². The van der Waals surface area contributed by atoms with Crippen molar-refractivity contribution < 1.29 is 14.2 Å². The quantitative estimate of drug-likeness (QED) is 0.904. The SMILES string of the molecule is Cc1cccc(Oc2cc([C@@H](C)O)ccn2)c1F. The van der Waals surface area contributed by atoms with Gasteiger partial charge in [-0.1, -0.05) is 12.1 Å². The maximum atomic E-state index is 13.7. The lowest BCUT2D eigenvalue weighted by Gasteiger charge is -2.09. The van der Waals surface area contributed by atoms with Crippen LogP contribution >= 0.6 is 0 Å². The van der Waals surface area contributed by atoms with Gasteiger partial charge in [-0.25, -0.2) is 9.37 Å². The van der Waals surface area contributed by atoms with Crippen LogP contribution in [0.15, 0.2) is 36.5 Å². The molecule has 2 aromatic rings. The van der Waals surface area contributed by atoms with Gasteiger partial charge in [-0.2, -0.15) is 0 Å². The first-order valence-corrected chi connectivity index (χ1v) is 5.65. The van der Waals surface area contributed by atoms with Crippen LogP contribution in [0.1, 0.15) is 24.2 Å². The molecule has 1 heterocycles. The molecular formula is C14H14FNO2. The summed E-state index contributed by atoms with van der Waals surface area (Å²) in [5.41, 5.74) is 1.19. The van der Waals surface area contributed by atoms with Gasteiger partial charge in [0.1, 0.15) is 0 Å². The summed E-state index contributed by atoms with van der Waals surface area (Å²) >= 11 is 0. The summed E-state index contributed by atoms with van der Waals surface area (Å²) < 4.78 is 19.1. The monoisotopic (exact) mass is 247 g/mol. The Labute approximate surface area is 105 Å². The first-order chi connectivity index (χ1) is 8.58. The molecule has 1 N–H and O–H groups in total. The fourth-order valence-electron chi connectivity index (χ4n) is 1.55. The number of hydrogen-bond donors (Lipinski definition) is 1. The fourth-order valence-corrected chi connectivity index (χ4v) is 1.55. The molecule has 1 aromatic carbocycles. The number of pyridine rings is 1. The van der Waals surface area contributed by atoms with E-state index in [4.69, 9.17) is 4.74 Å². The molecule has 0 aliphatic rings. The van der Waals surface area contributed by atoms with Crippen LogP contribution in [-0.4, -0.2) is 10.1 Å². The number of hydrogen-bond acceptors (Lipinski definition) is 3. The summed E-state index contributed by atoms with van der Waals surface area (Å²) in [5, 5.41) is 9.46. The van der Waals surface area contributed by atoms with Crippen molar-refractivity contribution in [1.82, 2.24) is 4.98 Å². The maximum Gasteiger partial charge on any atom is 0.219 e. The fraction of sp³-hybridized carbons (Fsp3) is 0.214. The van der Waals surface area contributed by atoms with E-state index in [1.165, 1.54) is 6.20 Å². The van der Waals surface area contributed by atoms with Gasteiger partial charge < -0.3 is 9.84 Å². The van der Waals surface area contributed by atoms with Gasteiger partial charge in [-0.15, -0.1) is 0 Å². The third-order valence-electron chi connectivity index (χ3n) is 2.61. The molecule has 0 radical (unpaired) electrons. The number of aromatic nitrogens is 1. The lowest BCUT2D eigenvalue weighted by Crippen LogP contribution is -1.96. The van der Waals surface area contributed by atoms with Crippen molar-refractivity contribution in [2.24, 2.45) is 0 Å². The molecule has 0 fully saturated rings. The Morgan fingerprint density at radius 1 is 1.33 bits per heavy atom. The zero-order valence-corrected chi connectivity index (χ0v) is 10.2. The number of aliphatic hydroxyl groups excluding tert-OH is 1. The Morgan fingerprint density at radius 3 is 2.83 bits per heavy atom. The number of aliphatic hydroxyl groups is 1. The Kier molecular flexibility index (Phi) is 3.58. The van der Waals surface area contributed by atoms with E-state index in [2.05, 4.69) is 4.98 Å². The molecule has 0 aliphatic carbocycles. The first-order valence-electron chi connectivity index (χ1n) is 5.65. The van der Waals surface area contributed by atoms with E-state index in [1.807, 2.05) is 0 Å². The van der Waals surface area contributed by atoms with Gasteiger partial charge in [-0.05, 0) is 37.1 Å². The number of benzene rings is 1. The normalized spacial score (nSPS) is 12.2. The minimum atomic E-state index is -0.613. The Balaban J connectivity index is 2.28. The molecule has 3 nitrogen and oxygen atoms in total. The third-order valence-corrected chi connectivity index (χ3v) is 2.61. The molecule has 18 heavy (non-hydrogen) atoms. The van der Waals surface area contributed by atoms with Gasteiger partial charge in [0.15, 0.2) is 11.6 Å². The van der Waals surface area contributed by atoms with Gasteiger partial charge in [0.25, 0.3) is 0 Å². The second-order valence-corrected chi connectivity index (χ2v) is 4.09. The second-order valence-electron chi connectivity index (χ2n) is 4.09. The molecule has 0 unspecified atom stereocenters.